The van der Waals surface area contributed by atoms with Crippen molar-refractivity contribution in [3.05, 3.63) is 46.6 Å². The molecule has 4 heteroatoms. The molecule has 0 aliphatic heterocycles. The van der Waals surface area contributed by atoms with Crippen molar-refractivity contribution >= 4 is 11.9 Å². The van der Waals surface area contributed by atoms with Crippen molar-refractivity contribution in [3.63, 3.8) is 0 Å². The van der Waals surface area contributed by atoms with Gasteiger partial charge in [-0.1, -0.05) is 34.9 Å². The standard InChI is InChI=1S/C22H34O4/c1-17(2)9-6-10-18(3)11-7-13-21(22(24)25)14-8-12-19(4)15-16-26-20(5)23/h9,11,14-15H,6-8,10,12-13,16H2,1-5H3,(H,24,25). The van der Waals surface area contributed by atoms with Gasteiger partial charge in [0.2, 0.25) is 0 Å². The largest absolute Gasteiger partial charge is 0.478 e. The molecule has 1 N–H and O–H groups in total. The van der Waals surface area contributed by atoms with Gasteiger partial charge < -0.3 is 9.84 Å². The third kappa shape index (κ3) is 14.3. The van der Waals surface area contributed by atoms with Crippen LogP contribution in [-0.2, 0) is 14.3 Å². The van der Waals surface area contributed by atoms with E-state index in [1.807, 2.05) is 13.0 Å². The van der Waals surface area contributed by atoms with Crippen LogP contribution in [0.4, 0.5) is 0 Å². The van der Waals surface area contributed by atoms with E-state index in [1.54, 1.807) is 6.08 Å². The molecule has 0 amide bonds. The van der Waals surface area contributed by atoms with Gasteiger partial charge in [-0.15, -0.1) is 0 Å². The smallest absolute Gasteiger partial charge is 0.331 e. The second-order valence-electron chi connectivity index (χ2n) is 6.84. The third-order valence-corrected chi connectivity index (χ3v) is 3.92. The average Bonchev–Trinajstić information content (AvgIpc) is 2.52. The van der Waals surface area contributed by atoms with Crippen LogP contribution in [0.1, 0.15) is 73.1 Å². The highest BCUT2D eigenvalue weighted by atomic mass is 16.5. The average molecular weight is 363 g/mol. The predicted molar refractivity (Wildman–Crippen MR) is 107 cm³/mol. The van der Waals surface area contributed by atoms with Crippen molar-refractivity contribution in [2.24, 2.45) is 0 Å². The summed E-state index contributed by atoms with van der Waals surface area (Å²) < 4.78 is 4.86. The summed E-state index contributed by atoms with van der Waals surface area (Å²) in [5.74, 6) is -1.14. The van der Waals surface area contributed by atoms with Gasteiger partial charge >= 0.3 is 11.9 Å². The van der Waals surface area contributed by atoms with Crippen LogP contribution < -0.4 is 0 Å². The molecule has 0 unspecified atom stereocenters. The number of esters is 1. The minimum atomic E-state index is -0.845. The molecule has 0 aromatic rings. The maximum absolute atomic E-state index is 11.4. The molecule has 0 spiro atoms. The molecule has 4 nitrogen and oxygen atoms in total. The molecule has 0 atom stereocenters. The quantitative estimate of drug-likeness (QED) is 0.272. The number of ether oxygens (including phenoxy) is 1. The second-order valence-corrected chi connectivity index (χ2v) is 6.84. The van der Waals surface area contributed by atoms with Crippen molar-refractivity contribution in [1.82, 2.24) is 0 Å². The summed E-state index contributed by atoms with van der Waals surface area (Å²) in [6, 6.07) is 0. The highest BCUT2D eigenvalue weighted by Gasteiger charge is 2.06. The van der Waals surface area contributed by atoms with Crippen molar-refractivity contribution in [2.45, 2.75) is 73.1 Å². The van der Waals surface area contributed by atoms with E-state index in [0.717, 1.165) is 31.3 Å². The van der Waals surface area contributed by atoms with Crippen LogP contribution in [0.25, 0.3) is 0 Å². The summed E-state index contributed by atoms with van der Waals surface area (Å²) in [6.07, 6.45) is 12.8. The molecule has 0 rings (SSSR count). The maximum Gasteiger partial charge on any atom is 0.331 e. The molecule has 0 aromatic heterocycles. The lowest BCUT2D eigenvalue weighted by atomic mass is 10.0. The molecule has 26 heavy (non-hydrogen) atoms. The second kappa shape index (κ2) is 14.1. The molecule has 0 heterocycles. The Balaban J connectivity index is 4.38. The maximum atomic E-state index is 11.4. The van der Waals surface area contributed by atoms with E-state index in [-0.39, 0.29) is 12.6 Å². The van der Waals surface area contributed by atoms with E-state index in [4.69, 9.17) is 4.74 Å². The van der Waals surface area contributed by atoms with Crippen LogP contribution in [-0.4, -0.2) is 23.7 Å². The Kier molecular flexibility index (Phi) is 13.0. The summed E-state index contributed by atoms with van der Waals surface area (Å²) >= 11 is 0. The van der Waals surface area contributed by atoms with Crippen LogP contribution in [0.5, 0.6) is 0 Å². The van der Waals surface area contributed by atoms with Crippen LogP contribution in [0.3, 0.4) is 0 Å². The first kappa shape index (κ1) is 23.9. The molecule has 0 aliphatic carbocycles. The third-order valence-electron chi connectivity index (χ3n) is 3.92. The number of hydrogen-bond donors (Lipinski definition) is 1. The van der Waals surface area contributed by atoms with Gasteiger partial charge in [0.1, 0.15) is 6.61 Å². The minimum Gasteiger partial charge on any atom is -0.478 e. The summed E-state index contributed by atoms with van der Waals surface area (Å²) in [5, 5.41) is 9.34. The highest BCUT2D eigenvalue weighted by Crippen LogP contribution is 2.14. The fourth-order valence-corrected chi connectivity index (χ4v) is 2.34. The zero-order chi connectivity index (χ0) is 19.9. The van der Waals surface area contributed by atoms with Crippen LogP contribution >= 0.6 is 0 Å². The van der Waals surface area contributed by atoms with Gasteiger partial charge in [-0.25, -0.2) is 4.79 Å². The molecule has 0 aliphatic rings. The Morgan fingerprint density at radius 3 is 1.85 bits per heavy atom. The normalized spacial score (nSPS) is 12.7. The fraction of sp³-hybridized carbons (Fsp3) is 0.545. The van der Waals surface area contributed by atoms with Crippen LogP contribution in [0.15, 0.2) is 46.6 Å². The zero-order valence-corrected chi connectivity index (χ0v) is 16.9. The van der Waals surface area contributed by atoms with E-state index in [0.29, 0.717) is 18.4 Å². The number of aliphatic carboxylic acids is 1. The van der Waals surface area contributed by atoms with Crippen molar-refractivity contribution in [2.75, 3.05) is 6.61 Å². The lowest BCUT2D eigenvalue weighted by Crippen LogP contribution is -2.01. The first-order chi connectivity index (χ1) is 12.2. The molecule has 0 bridgehead atoms. The molecule has 0 radical (unpaired) electrons. The molecular weight excluding hydrogens is 328 g/mol. The number of carboxylic acids is 1. The van der Waals surface area contributed by atoms with Gasteiger partial charge in [0, 0.05) is 12.5 Å². The lowest BCUT2D eigenvalue weighted by Gasteiger charge is -2.04. The number of hydrogen-bond acceptors (Lipinski definition) is 3. The minimum absolute atomic E-state index is 0.271. The number of allylic oxidation sites excluding steroid dienone is 6. The van der Waals surface area contributed by atoms with Gasteiger partial charge in [-0.3, -0.25) is 4.79 Å². The molecule has 0 fully saturated rings. The number of carboxylic acid groups (broad SMARTS) is 1. The summed E-state index contributed by atoms with van der Waals surface area (Å²) in [5.41, 5.74) is 4.18. The van der Waals surface area contributed by atoms with Gasteiger partial charge in [-0.2, -0.15) is 0 Å². The topological polar surface area (TPSA) is 63.6 Å². The number of carbonyl (C=O) groups excluding carboxylic acids is 1. The molecule has 0 aromatic carbocycles. The Morgan fingerprint density at radius 1 is 0.769 bits per heavy atom. The first-order valence-corrected chi connectivity index (χ1v) is 9.22. The van der Waals surface area contributed by atoms with E-state index in [2.05, 4.69) is 32.9 Å². The van der Waals surface area contributed by atoms with Crippen molar-refractivity contribution in [3.8, 4) is 0 Å². The highest BCUT2D eigenvalue weighted by molar-refractivity contribution is 5.86. The summed E-state index contributed by atoms with van der Waals surface area (Å²) in [6.45, 7) is 9.89. The van der Waals surface area contributed by atoms with E-state index >= 15 is 0 Å². The van der Waals surface area contributed by atoms with Crippen molar-refractivity contribution in [1.29, 1.82) is 0 Å². The Morgan fingerprint density at radius 2 is 1.31 bits per heavy atom. The lowest BCUT2D eigenvalue weighted by molar-refractivity contribution is -0.139. The summed E-state index contributed by atoms with van der Waals surface area (Å²) in [4.78, 5) is 22.1. The number of carbonyl (C=O) groups is 2. The zero-order valence-electron chi connectivity index (χ0n) is 16.9. The van der Waals surface area contributed by atoms with Gasteiger partial charge in [0.15, 0.2) is 0 Å². The van der Waals surface area contributed by atoms with Gasteiger partial charge in [0.05, 0.1) is 0 Å². The van der Waals surface area contributed by atoms with Gasteiger partial charge in [-0.05, 0) is 72.3 Å². The molecule has 0 saturated heterocycles. The monoisotopic (exact) mass is 362 g/mol. The van der Waals surface area contributed by atoms with E-state index in [9.17, 15) is 14.7 Å². The van der Waals surface area contributed by atoms with Crippen LogP contribution in [0.2, 0.25) is 0 Å². The summed E-state index contributed by atoms with van der Waals surface area (Å²) in [7, 11) is 0. The predicted octanol–water partition coefficient (Wildman–Crippen LogP) is 5.76. The van der Waals surface area contributed by atoms with Gasteiger partial charge in [0.25, 0.3) is 0 Å². The van der Waals surface area contributed by atoms with Crippen molar-refractivity contribution < 1.29 is 19.4 Å². The first-order valence-electron chi connectivity index (χ1n) is 9.22. The Hall–Kier alpha value is -2.10. The molecule has 0 saturated carbocycles. The fourth-order valence-electron chi connectivity index (χ4n) is 2.34. The Labute approximate surface area is 158 Å². The Bertz CT molecular complexity index is 573. The van der Waals surface area contributed by atoms with Crippen LogP contribution in [0, 0.1) is 0 Å². The molecule has 146 valence electrons. The number of rotatable bonds is 12. The SMILES string of the molecule is CC(=O)OCC=C(C)CCC=C(CCC=C(C)CCC=C(C)C)C(=O)O. The van der Waals surface area contributed by atoms with E-state index < -0.39 is 5.97 Å². The van der Waals surface area contributed by atoms with E-state index in [1.165, 1.54) is 18.1 Å². The molecular formula is C22H34O4.